The van der Waals surface area contributed by atoms with Gasteiger partial charge < -0.3 is 24.9 Å². The zero-order valence-corrected chi connectivity index (χ0v) is 30.3. The van der Waals surface area contributed by atoms with E-state index < -0.39 is 11.9 Å². The fourth-order valence-electron chi connectivity index (χ4n) is 6.78. The minimum atomic E-state index is -1.37. The fourth-order valence-corrected chi connectivity index (χ4v) is 7.64. The number of rotatable bonds is 4. The molecule has 17 heteroatoms. The Hall–Kier alpha value is -7.00. The molecular formula is C39H19Cl3N9O5+. The maximum absolute atomic E-state index is 11.9. The van der Waals surface area contributed by atoms with Crippen molar-refractivity contribution in [1.29, 1.82) is 0 Å². The van der Waals surface area contributed by atoms with Crippen molar-refractivity contribution in [3.8, 4) is 51.3 Å². The Labute approximate surface area is 327 Å². The van der Waals surface area contributed by atoms with Crippen molar-refractivity contribution in [3.05, 3.63) is 117 Å². The second-order valence-corrected chi connectivity index (χ2v) is 13.8. The lowest BCUT2D eigenvalue weighted by atomic mass is 10.1. The molecule has 14 nitrogen and oxygen atoms in total. The Bertz CT molecular complexity index is 3230. The third-order valence-corrected chi connectivity index (χ3v) is 10.5. The summed E-state index contributed by atoms with van der Waals surface area (Å²) < 4.78 is 6.05. The molecule has 0 radical (unpaired) electrons. The predicted molar refractivity (Wildman–Crippen MR) is 208 cm³/mol. The molecule has 0 saturated carbocycles. The second kappa shape index (κ2) is 12.5. The van der Waals surface area contributed by atoms with Crippen LogP contribution in [0.1, 0.15) is 20.7 Å². The van der Waals surface area contributed by atoms with Crippen LogP contribution in [0.2, 0.25) is 15.1 Å². The molecule has 56 heavy (non-hydrogen) atoms. The highest BCUT2D eigenvalue weighted by Gasteiger charge is 2.30. The number of aromatic amines is 2. The molecule has 2 aliphatic rings. The summed E-state index contributed by atoms with van der Waals surface area (Å²) in [7, 11) is 0. The normalized spacial score (nSPS) is 11.8. The number of ether oxygens (including phenoxy) is 1. The van der Waals surface area contributed by atoms with Gasteiger partial charge >= 0.3 is 11.9 Å². The lowest BCUT2D eigenvalue weighted by molar-refractivity contribution is -0.711. The number of fused-ring (bicyclic) bond motifs is 20. The van der Waals surface area contributed by atoms with Crippen LogP contribution in [-0.4, -0.2) is 62.3 Å². The molecule has 5 heterocycles. The fraction of sp³-hybridized carbons (Fsp3) is 0. The maximum atomic E-state index is 11.9. The van der Waals surface area contributed by atoms with Crippen molar-refractivity contribution >= 4 is 90.9 Å². The lowest BCUT2D eigenvalue weighted by Gasteiger charge is -2.13. The van der Waals surface area contributed by atoms with E-state index in [4.69, 9.17) is 69.7 Å². The van der Waals surface area contributed by atoms with E-state index >= 15 is 0 Å². The monoisotopic (exact) mass is 798 g/mol. The van der Waals surface area contributed by atoms with E-state index in [0.717, 1.165) is 34.5 Å². The van der Waals surface area contributed by atoms with Crippen molar-refractivity contribution in [2.24, 2.45) is 0 Å². The first-order valence-corrected chi connectivity index (χ1v) is 17.8. The van der Waals surface area contributed by atoms with Crippen molar-refractivity contribution in [1.82, 2.24) is 40.1 Å². The molecule has 4 N–H and O–H groups in total. The number of aromatic nitrogens is 9. The highest BCUT2D eigenvalue weighted by Crippen LogP contribution is 2.49. The molecular weight excluding hydrogens is 781 g/mol. The summed E-state index contributed by atoms with van der Waals surface area (Å²) in [4.78, 5) is 51.5. The minimum Gasteiger partial charge on any atom is -0.478 e. The van der Waals surface area contributed by atoms with Gasteiger partial charge in [0.05, 0.1) is 46.9 Å². The van der Waals surface area contributed by atoms with Gasteiger partial charge in [-0.15, -0.1) is 0 Å². The molecule has 8 aromatic rings. The number of hydrogen-bond acceptors (Lipinski definition) is 9. The number of para-hydroxylation sites is 1. The number of carbonyl (C=O) groups is 2. The molecule has 10 rings (SSSR count). The summed E-state index contributed by atoms with van der Waals surface area (Å²) in [5.41, 5.74) is 3.45. The first-order valence-electron chi connectivity index (χ1n) is 16.7. The third-order valence-electron chi connectivity index (χ3n) is 9.30. The number of halogens is 3. The topological polar surface area (TPSA) is 197 Å². The molecule has 0 saturated heterocycles. The summed E-state index contributed by atoms with van der Waals surface area (Å²) in [6.45, 7) is 0. The Balaban J connectivity index is 1.34. The Morgan fingerprint density at radius 1 is 0.571 bits per heavy atom. The quantitative estimate of drug-likeness (QED) is 0.0982. The molecule has 0 amide bonds. The molecule has 0 unspecified atom stereocenters. The van der Waals surface area contributed by atoms with Gasteiger partial charge in [0.25, 0.3) is 5.69 Å². The van der Waals surface area contributed by atoms with Crippen LogP contribution in [0.15, 0.2) is 91.0 Å². The van der Waals surface area contributed by atoms with Crippen LogP contribution < -0.4 is 9.53 Å². The number of aromatic carboxylic acids is 2. The molecule has 0 spiro atoms. The zero-order chi connectivity index (χ0) is 38.4. The van der Waals surface area contributed by atoms with Gasteiger partial charge in [0.2, 0.25) is 11.5 Å². The molecule has 0 aliphatic carbocycles. The standard InChI is InChI=1S/C39H18Cl3N9O5/c40-27-25-26(28(41)30(29(27)42)56-18-14-16(38(52)53)13-17(15-18)39(54)55)37-48-36(25)47-34-22-10-4-2-8-20(22)32(45-34)43-31-19-7-1-3-9-21(19)33(44-31)46-35-23-11-5-6-12-24(23)51(49-35)50-37/h1-15H,(H3,43,44,45,46,47,48,49,50,52,53,54,55)/p+1. The second-order valence-electron chi connectivity index (χ2n) is 12.6. The van der Waals surface area contributed by atoms with Gasteiger partial charge in [-0.3, -0.25) is 0 Å². The average molecular weight is 800 g/mol. The Morgan fingerprint density at radius 2 is 1.11 bits per heavy atom. The third kappa shape index (κ3) is 5.22. The first-order chi connectivity index (χ1) is 27.1. The Morgan fingerprint density at radius 3 is 1.75 bits per heavy atom. The van der Waals surface area contributed by atoms with Gasteiger partial charge in [0.1, 0.15) is 33.3 Å². The summed E-state index contributed by atoms with van der Waals surface area (Å²) >= 11 is 21.1. The number of hydrogen-bond donors (Lipinski definition) is 4. The molecule has 270 valence electrons. The van der Waals surface area contributed by atoms with Crippen molar-refractivity contribution in [2.75, 3.05) is 0 Å². The van der Waals surface area contributed by atoms with Gasteiger partial charge in [-0.2, -0.15) is 0 Å². The number of benzene rings is 5. The highest BCUT2D eigenvalue weighted by molar-refractivity contribution is 6.51. The Kier molecular flexibility index (Phi) is 7.51. The molecule has 8 bridgehead atoms. The summed E-state index contributed by atoms with van der Waals surface area (Å²) in [5.74, 6) is -2.03. The van der Waals surface area contributed by atoms with Crippen molar-refractivity contribution < 1.29 is 29.3 Å². The van der Waals surface area contributed by atoms with Gasteiger partial charge in [0.15, 0.2) is 17.4 Å². The van der Waals surface area contributed by atoms with E-state index in [1.54, 1.807) is 0 Å². The molecule has 2 aliphatic heterocycles. The number of nitrogens with one attached hydrogen (secondary N) is 2. The van der Waals surface area contributed by atoms with E-state index in [-0.39, 0.29) is 59.8 Å². The summed E-state index contributed by atoms with van der Waals surface area (Å²) in [5, 5.41) is 30.8. The number of nitrogens with zero attached hydrogens (tertiary/aromatic N) is 7. The molecule has 3 aromatic heterocycles. The van der Waals surface area contributed by atoms with Crippen LogP contribution in [-0.2, 0) is 0 Å². The smallest absolute Gasteiger partial charge is 0.335 e. The number of H-pyrrole nitrogens is 2. The minimum absolute atomic E-state index is 0.0462. The van der Waals surface area contributed by atoms with E-state index in [2.05, 4.69) is 9.97 Å². The van der Waals surface area contributed by atoms with Crippen LogP contribution in [0, 0.1) is 0 Å². The molecule has 0 fully saturated rings. The average Bonchev–Trinajstić information content (AvgIpc) is 3.94. The van der Waals surface area contributed by atoms with Gasteiger partial charge in [-0.05, 0) is 24.3 Å². The van der Waals surface area contributed by atoms with Crippen LogP contribution in [0.25, 0.3) is 84.0 Å². The van der Waals surface area contributed by atoms with Crippen molar-refractivity contribution in [3.63, 3.8) is 0 Å². The molecule has 5 aromatic carbocycles. The van der Waals surface area contributed by atoms with Gasteiger partial charge in [-0.1, -0.05) is 95.5 Å². The van der Waals surface area contributed by atoms with Crippen LogP contribution in [0.5, 0.6) is 11.5 Å². The van der Waals surface area contributed by atoms with Gasteiger partial charge in [0, 0.05) is 28.0 Å². The van der Waals surface area contributed by atoms with E-state index in [1.807, 2.05) is 72.8 Å². The largest absolute Gasteiger partial charge is 0.478 e. The predicted octanol–water partition coefficient (Wildman–Crippen LogP) is 8.63. The lowest BCUT2D eigenvalue weighted by Crippen LogP contribution is -2.35. The van der Waals surface area contributed by atoms with E-state index in [9.17, 15) is 19.8 Å². The van der Waals surface area contributed by atoms with Crippen LogP contribution >= 0.6 is 34.8 Å². The van der Waals surface area contributed by atoms with Gasteiger partial charge in [-0.25, -0.2) is 29.5 Å². The van der Waals surface area contributed by atoms with Crippen LogP contribution in [0.3, 0.4) is 0 Å². The summed E-state index contributed by atoms with van der Waals surface area (Å²) in [6, 6.07) is 26.0. The first kappa shape index (κ1) is 33.6. The highest BCUT2D eigenvalue weighted by atomic mass is 35.5. The maximum Gasteiger partial charge on any atom is 0.335 e. The zero-order valence-electron chi connectivity index (χ0n) is 28.0. The number of carboxylic acids is 2. The van der Waals surface area contributed by atoms with Crippen LogP contribution in [0.4, 0.5) is 0 Å². The summed E-state index contributed by atoms with van der Waals surface area (Å²) in [6.07, 6.45) is 0. The number of carboxylic acid groups (broad SMARTS) is 2. The van der Waals surface area contributed by atoms with E-state index in [1.165, 1.54) is 4.80 Å². The SMILES string of the molecule is O=C(O)c1cc(Oc2c(Cl)c(Cl)c3c4nc5nc(nc6[nH]c(nc7n[n+](nc([nH]4)c3c2Cl)-c2ccccc2-7)c2ccccc62)-c2ccccc2-5)cc(C(=O)O)c1. The van der Waals surface area contributed by atoms with Crippen molar-refractivity contribution in [2.45, 2.75) is 0 Å². The molecule has 0 atom stereocenters. The van der Waals surface area contributed by atoms with E-state index in [0.29, 0.717) is 45.6 Å².